The summed E-state index contributed by atoms with van der Waals surface area (Å²) in [5.41, 5.74) is 8.15. The van der Waals surface area contributed by atoms with Crippen LogP contribution >= 0.6 is 23.1 Å². The fourth-order valence-corrected chi connectivity index (χ4v) is 4.00. The Morgan fingerprint density at radius 2 is 2.12 bits per heavy atom. The lowest BCUT2D eigenvalue weighted by Crippen LogP contribution is -2.08. The highest BCUT2D eigenvalue weighted by Gasteiger charge is 2.32. The van der Waals surface area contributed by atoms with Gasteiger partial charge in [-0.25, -0.2) is 0 Å². The third-order valence-corrected chi connectivity index (χ3v) is 5.24. The third kappa shape index (κ3) is 2.00. The summed E-state index contributed by atoms with van der Waals surface area (Å²) in [5.74, 6) is 0.833. The lowest BCUT2D eigenvalue weighted by Gasteiger charge is -2.03. The molecule has 0 atom stereocenters. The summed E-state index contributed by atoms with van der Waals surface area (Å²) in [6, 6.07) is 0. The summed E-state index contributed by atoms with van der Waals surface area (Å²) >= 11 is 3.29. The van der Waals surface area contributed by atoms with Crippen molar-refractivity contribution >= 4 is 34.6 Å². The minimum Gasteiger partial charge on any atom is -0.397 e. The van der Waals surface area contributed by atoms with Gasteiger partial charge in [-0.3, -0.25) is 4.79 Å². The van der Waals surface area contributed by atoms with E-state index in [2.05, 4.69) is 6.26 Å². The molecule has 0 unspecified atom stereocenters. The summed E-state index contributed by atoms with van der Waals surface area (Å²) in [5, 5.41) is 0. The maximum atomic E-state index is 12.0. The van der Waals surface area contributed by atoms with Gasteiger partial charge in [0.1, 0.15) is 0 Å². The summed E-state index contributed by atoms with van der Waals surface area (Å²) in [4.78, 5) is 12.8. The van der Waals surface area contributed by atoms with Crippen LogP contribution in [0.2, 0.25) is 0 Å². The lowest BCUT2D eigenvalue weighted by atomic mass is 10.0. The highest BCUT2D eigenvalue weighted by atomic mass is 32.2. The fourth-order valence-electron chi connectivity index (χ4n) is 1.79. The fraction of sp³-hybridized carbons (Fsp3) is 0.583. The predicted octanol–water partition coefficient (Wildman–Crippen LogP) is 3.77. The van der Waals surface area contributed by atoms with Gasteiger partial charge in [-0.1, -0.05) is 13.8 Å². The van der Waals surface area contributed by atoms with E-state index < -0.39 is 0 Å². The van der Waals surface area contributed by atoms with Crippen molar-refractivity contribution in [2.24, 2.45) is 5.92 Å². The molecule has 1 aromatic heterocycles. The predicted molar refractivity (Wildman–Crippen MR) is 71.7 cm³/mol. The molecular formula is C12H17NOS2. The van der Waals surface area contributed by atoms with Crippen LogP contribution in [0.3, 0.4) is 0 Å². The lowest BCUT2D eigenvalue weighted by molar-refractivity contribution is 0.0944. The van der Waals surface area contributed by atoms with E-state index in [1.165, 1.54) is 22.6 Å². The monoisotopic (exact) mass is 255 g/mol. The van der Waals surface area contributed by atoms with E-state index in [9.17, 15) is 4.79 Å². The number of anilines is 1. The van der Waals surface area contributed by atoms with Crippen molar-refractivity contribution in [1.29, 1.82) is 0 Å². The van der Waals surface area contributed by atoms with Gasteiger partial charge in [0, 0.05) is 11.5 Å². The highest BCUT2D eigenvalue weighted by molar-refractivity contribution is 8.00. The quantitative estimate of drug-likeness (QED) is 0.658. The molecule has 1 aliphatic carbocycles. The Balaban J connectivity index is 2.43. The number of ketones is 1. The zero-order valence-corrected chi connectivity index (χ0v) is 11.5. The van der Waals surface area contributed by atoms with Crippen LogP contribution in [0, 0.1) is 5.92 Å². The van der Waals surface area contributed by atoms with E-state index in [0.717, 1.165) is 10.6 Å². The minimum absolute atomic E-state index is 0.0303. The number of nitrogen functional groups attached to an aromatic ring is 1. The van der Waals surface area contributed by atoms with Gasteiger partial charge in [-0.05, 0) is 25.0 Å². The van der Waals surface area contributed by atoms with Crippen LogP contribution in [0.15, 0.2) is 4.21 Å². The average Bonchev–Trinajstić information content (AvgIpc) is 3.02. The standard InChI is InChI=1S/C12H17NOS2/c1-6(2)10(14)11-9(13)8(7-4-5-7)12(15-3)16-11/h6-7H,4-5,13H2,1-3H3. The van der Waals surface area contributed by atoms with E-state index in [1.807, 2.05) is 13.8 Å². The maximum absolute atomic E-state index is 12.0. The van der Waals surface area contributed by atoms with Crippen molar-refractivity contribution in [3.8, 4) is 0 Å². The number of Topliss-reactive ketones (excluding diaryl/α,β-unsaturated/α-hetero) is 1. The van der Waals surface area contributed by atoms with Gasteiger partial charge in [0.2, 0.25) is 0 Å². The summed E-state index contributed by atoms with van der Waals surface area (Å²) < 4.78 is 1.24. The van der Waals surface area contributed by atoms with E-state index in [-0.39, 0.29) is 11.7 Å². The topological polar surface area (TPSA) is 43.1 Å². The summed E-state index contributed by atoms with van der Waals surface area (Å²) in [6.07, 6.45) is 4.51. The minimum atomic E-state index is 0.0303. The molecule has 16 heavy (non-hydrogen) atoms. The molecule has 0 radical (unpaired) electrons. The second-order valence-corrected chi connectivity index (χ2v) is 6.64. The van der Waals surface area contributed by atoms with E-state index >= 15 is 0 Å². The number of carbonyl (C=O) groups excluding carboxylic acids is 1. The molecule has 0 saturated heterocycles. The van der Waals surface area contributed by atoms with Crippen molar-refractivity contribution in [2.45, 2.75) is 36.8 Å². The molecule has 1 aliphatic rings. The number of hydrogen-bond acceptors (Lipinski definition) is 4. The maximum Gasteiger partial charge on any atom is 0.177 e. The third-order valence-electron chi connectivity index (χ3n) is 2.87. The Bertz CT molecular complexity index is 419. The van der Waals surface area contributed by atoms with Gasteiger partial charge >= 0.3 is 0 Å². The highest BCUT2D eigenvalue weighted by Crippen LogP contribution is 2.51. The van der Waals surface area contributed by atoms with Crippen molar-refractivity contribution in [1.82, 2.24) is 0 Å². The second-order valence-electron chi connectivity index (χ2n) is 4.54. The Kier molecular flexibility index (Phi) is 3.31. The van der Waals surface area contributed by atoms with Crippen molar-refractivity contribution in [2.75, 3.05) is 12.0 Å². The second kappa shape index (κ2) is 4.41. The van der Waals surface area contributed by atoms with Gasteiger partial charge in [0.05, 0.1) is 14.8 Å². The number of hydrogen-bond donors (Lipinski definition) is 1. The molecule has 2 nitrogen and oxygen atoms in total. The Morgan fingerprint density at radius 3 is 2.56 bits per heavy atom. The smallest absolute Gasteiger partial charge is 0.177 e. The van der Waals surface area contributed by atoms with E-state index in [4.69, 9.17) is 5.73 Å². The molecule has 1 heterocycles. The zero-order chi connectivity index (χ0) is 11.9. The molecule has 2 N–H and O–H groups in total. The first-order valence-corrected chi connectivity index (χ1v) is 7.60. The molecular weight excluding hydrogens is 238 g/mol. The first kappa shape index (κ1) is 12.0. The van der Waals surface area contributed by atoms with Crippen molar-refractivity contribution in [3.63, 3.8) is 0 Å². The van der Waals surface area contributed by atoms with Gasteiger partial charge in [0.15, 0.2) is 5.78 Å². The summed E-state index contributed by atoms with van der Waals surface area (Å²) in [6.45, 7) is 3.86. The van der Waals surface area contributed by atoms with Crippen LogP contribution < -0.4 is 5.73 Å². The molecule has 0 amide bonds. The molecule has 1 aromatic rings. The first-order chi connectivity index (χ1) is 7.56. The first-order valence-electron chi connectivity index (χ1n) is 5.56. The number of carbonyl (C=O) groups is 1. The van der Waals surface area contributed by atoms with Crippen LogP contribution in [0.5, 0.6) is 0 Å². The average molecular weight is 255 g/mol. The van der Waals surface area contributed by atoms with Gasteiger partial charge in [0.25, 0.3) is 0 Å². The molecule has 88 valence electrons. The van der Waals surface area contributed by atoms with Crippen LogP contribution in [0.1, 0.15) is 47.8 Å². The Morgan fingerprint density at radius 1 is 1.50 bits per heavy atom. The SMILES string of the molecule is CSc1sc(C(=O)C(C)C)c(N)c1C1CC1. The number of thiophene rings is 1. The van der Waals surface area contributed by atoms with Crippen LogP contribution in [-0.4, -0.2) is 12.0 Å². The van der Waals surface area contributed by atoms with Crippen LogP contribution in [0.25, 0.3) is 0 Å². The van der Waals surface area contributed by atoms with Crippen LogP contribution in [0.4, 0.5) is 5.69 Å². The Hall–Kier alpha value is -0.480. The van der Waals surface area contributed by atoms with Crippen molar-refractivity contribution in [3.05, 3.63) is 10.4 Å². The molecule has 0 bridgehead atoms. The number of nitrogens with two attached hydrogens (primary N) is 1. The van der Waals surface area contributed by atoms with Gasteiger partial charge in [-0.15, -0.1) is 23.1 Å². The Labute approximate surface area is 105 Å². The van der Waals surface area contributed by atoms with Crippen molar-refractivity contribution < 1.29 is 4.79 Å². The molecule has 0 aliphatic heterocycles. The zero-order valence-electron chi connectivity index (χ0n) is 9.87. The summed E-state index contributed by atoms with van der Waals surface area (Å²) in [7, 11) is 0. The molecule has 1 saturated carbocycles. The van der Waals surface area contributed by atoms with Gasteiger partial charge < -0.3 is 5.73 Å². The van der Waals surface area contributed by atoms with Gasteiger partial charge in [-0.2, -0.15) is 0 Å². The molecule has 1 fully saturated rings. The molecule has 4 heteroatoms. The normalized spacial score (nSPS) is 15.8. The van der Waals surface area contributed by atoms with E-state index in [0.29, 0.717) is 5.92 Å². The number of rotatable bonds is 4. The largest absolute Gasteiger partial charge is 0.397 e. The van der Waals surface area contributed by atoms with E-state index in [1.54, 1.807) is 23.1 Å². The molecule has 0 spiro atoms. The molecule has 0 aromatic carbocycles. The number of thioether (sulfide) groups is 1. The molecule has 2 rings (SSSR count). The van der Waals surface area contributed by atoms with Crippen LogP contribution in [-0.2, 0) is 0 Å².